The van der Waals surface area contributed by atoms with Crippen molar-refractivity contribution in [3.8, 4) is 0 Å². The second-order valence-corrected chi connectivity index (χ2v) is 17.2. The van der Waals surface area contributed by atoms with Gasteiger partial charge in [0.05, 0.1) is 30.8 Å². The summed E-state index contributed by atoms with van der Waals surface area (Å²) in [5.74, 6) is 0.00892. The minimum atomic E-state index is -0.597. The summed E-state index contributed by atoms with van der Waals surface area (Å²) in [6, 6.07) is 0.337. The molecule has 0 aromatic heterocycles. The van der Waals surface area contributed by atoms with Gasteiger partial charge in [-0.05, 0) is 122 Å². The summed E-state index contributed by atoms with van der Waals surface area (Å²) in [5, 5.41) is 0. The lowest BCUT2D eigenvalue weighted by atomic mass is 9.67. The second-order valence-electron chi connectivity index (χ2n) is 17.2. The fraction of sp³-hybridized carbons (Fsp3) is 0.860. The van der Waals surface area contributed by atoms with Crippen LogP contribution in [0.1, 0.15) is 99.3 Å². The molecular formula is C43H69NO10. The van der Waals surface area contributed by atoms with Crippen LogP contribution >= 0.6 is 0 Å². The minimum absolute atomic E-state index is 0.0361. The van der Waals surface area contributed by atoms with Crippen LogP contribution in [0, 0.1) is 35.5 Å². The van der Waals surface area contributed by atoms with Gasteiger partial charge in [-0.25, -0.2) is 0 Å². The monoisotopic (exact) mass is 759 g/mol. The Bertz CT molecular complexity index is 1350. The molecule has 0 radical (unpaired) electrons. The second kappa shape index (κ2) is 18.3. The minimum Gasteiger partial charge on any atom is -0.462 e. The number of methoxy groups -OCH3 is 2. The molecule has 3 heterocycles. The van der Waals surface area contributed by atoms with Crippen LogP contribution in [0.5, 0.6) is 0 Å². The molecule has 3 saturated heterocycles. The maximum atomic E-state index is 14.8. The summed E-state index contributed by atoms with van der Waals surface area (Å²) in [7, 11) is 7.53. The van der Waals surface area contributed by atoms with Crippen molar-refractivity contribution in [2.75, 3.05) is 34.9 Å². The van der Waals surface area contributed by atoms with Crippen molar-refractivity contribution >= 4 is 11.8 Å². The number of fused-ring (bicyclic) bond motifs is 5. The van der Waals surface area contributed by atoms with E-state index >= 15 is 0 Å². The number of Topliss-reactive ketones (excluding diaryl/α,β-unsaturated/α-hetero) is 1. The van der Waals surface area contributed by atoms with Crippen molar-refractivity contribution in [2.45, 2.75) is 167 Å². The third-order valence-electron chi connectivity index (χ3n) is 13.7. The molecule has 0 spiro atoms. The Labute approximate surface area is 324 Å². The van der Waals surface area contributed by atoms with Gasteiger partial charge in [-0.3, -0.25) is 9.59 Å². The smallest absolute Gasteiger partial charge is 0.306 e. The predicted octanol–water partition coefficient (Wildman–Crippen LogP) is 6.27. The first-order chi connectivity index (χ1) is 25.9. The fourth-order valence-corrected chi connectivity index (χ4v) is 10.9. The maximum absolute atomic E-state index is 14.8. The van der Waals surface area contributed by atoms with Crippen LogP contribution in [0.3, 0.4) is 0 Å². The topological polar surface area (TPSA) is 111 Å². The van der Waals surface area contributed by atoms with Gasteiger partial charge in [0.2, 0.25) is 0 Å². The molecule has 6 aliphatic rings. The van der Waals surface area contributed by atoms with Crippen molar-refractivity contribution in [1.29, 1.82) is 0 Å². The molecule has 4 fully saturated rings. The van der Waals surface area contributed by atoms with Gasteiger partial charge in [-0.15, -0.1) is 0 Å². The molecule has 9 unspecified atom stereocenters. The number of allylic oxidation sites excluding steroid dienone is 4. The molecule has 0 aromatic carbocycles. The summed E-state index contributed by atoms with van der Waals surface area (Å²) in [6.07, 6.45) is 8.61. The van der Waals surface area contributed by atoms with Gasteiger partial charge in [0, 0.05) is 38.7 Å². The molecule has 0 amide bonds. The van der Waals surface area contributed by atoms with E-state index in [2.05, 4.69) is 51.9 Å². The molecule has 0 aromatic rings. The zero-order valence-corrected chi connectivity index (χ0v) is 34.6. The zero-order chi connectivity index (χ0) is 38.8. The number of rotatable bonds is 10. The van der Waals surface area contributed by atoms with Gasteiger partial charge in [0.25, 0.3) is 0 Å². The van der Waals surface area contributed by atoms with Crippen molar-refractivity contribution in [2.24, 2.45) is 35.5 Å². The Morgan fingerprint density at radius 3 is 2.26 bits per heavy atom. The molecule has 54 heavy (non-hydrogen) atoms. The summed E-state index contributed by atoms with van der Waals surface area (Å²) >= 11 is 0. The number of nitrogens with zero attached hydrogens (tertiary/aromatic N) is 1. The van der Waals surface area contributed by atoms with Gasteiger partial charge in [0.15, 0.2) is 18.4 Å². The van der Waals surface area contributed by atoms with Crippen LogP contribution in [0.25, 0.3) is 0 Å². The average molecular weight is 760 g/mol. The molecule has 17 atom stereocenters. The van der Waals surface area contributed by atoms with Crippen molar-refractivity contribution in [3.63, 3.8) is 0 Å². The van der Waals surface area contributed by atoms with Crippen LogP contribution in [0.4, 0.5) is 0 Å². The number of carbonyl (C=O) groups excluding carboxylic acids is 2. The SMILES string of the molecule is CCOC1C(OC)C(C)OC(O[C@@H]2CC3C(C)=C[C@@H]4[C@@H](C=C5C(=O)[C@H](C)[C@@H](OC6CCC(N(C)C)C(C)O6)CCC[C@H](CC)OC(=O)C[C@H]54)[C@@H]3C2)C1OC. The quantitative estimate of drug-likeness (QED) is 0.186. The third-order valence-corrected chi connectivity index (χ3v) is 13.7. The van der Waals surface area contributed by atoms with Gasteiger partial charge in [-0.1, -0.05) is 31.6 Å². The number of hydrogen-bond acceptors (Lipinski definition) is 11. The largest absolute Gasteiger partial charge is 0.462 e. The first kappa shape index (κ1) is 41.9. The number of esters is 1. The number of ether oxygens (including phenoxy) is 8. The Morgan fingerprint density at radius 2 is 1.59 bits per heavy atom. The van der Waals surface area contributed by atoms with E-state index in [0.29, 0.717) is 25.0 Å². The molecule has 3 aliphatic heterocycles. The average Bonchev–Trinajstić information content (AvgIpc) is 3.71. The van der Waals surface area contributed by atoms with Gasteiger partial charge >= 0.3 is 5.97 Å². The van der Waals surface area contributed by atoms with Crippen LogP contribution in [-0.2, 0) is 47.5 Å². The summed E-state index contributed by atoms with van der Waals surface area (Å²) < 4.78 is 50.3. The van der Waals surface area contributed by atoms with Crippen LogP contribution in [0.15, 0.2) is 23.3 Å². The molecule has 306 valence electrons. The highest BCUT2D eigenvalue weighted by atomic mass is 16.7. The molecule has 6 rings (SSSR count). The van der Waals surface area contributed by atoms with E-state index in [1.54, 1.807) is 14.2 Å². The van der Waals surface area contributed by atoms with E-state index in [1.807, 2.05) is 20.8 Å². The van der Waals surface area contributed by atoms with Gasteiger partial charge in [0.1, 0.15) is 24.4 Å². The number of hydrogen-bond donors (Lipinski definition) is 0. The van der Waals surface area contributed by atoms with E-state index in [4.69, 9.17) is 37.9 Å². The first-order valence-corrected chi connectivity index (χ1v) is 21.0. The highest BCUT2D eigenvalue weighted by molar-refractivity contribution is 5.99. The summed E-state index contributed by atoms with van der Waals surface area (Å²) in [4.78, 5) is 30.6. The first-order valence-electron chi connectivity index (χ1n) is 21.0. The highest BCUT2D eigenvalue weighted by Gasteiger charge is 2.54. The van der Waals surface area contributed by atoms with Crippen LogP contribution < -0.4 is 0 Å². The number of likely N-dealkylation sites (N-methyl/N-ethyl adjacent to an activating group) is 1. The van der Waals surface area contributed by atoms with Crippen LogP contribution in [0.2, 0.25) is 0 Å². The highest BCUT2D eigenvalue weighted by Crippen LogP contribution is 2.56. The van der Waals surface area contributed by atoms with Crippen molar-refractivity contribution < 1.29 is 47.5 Å². The number of ketones is 1. The number of cyclic esters (lactones) is 1. The predicted molar refractivity (Wildman–Crippen MR) is 203 cm³/mol. The Hall–Kier alpha value is -1.70. The summed E-state index contributed by atoms with van der Waals surface area (Å²) in [6.45, 7) is 12.9. The molecule has 11 heteroatoms. The lowest BCUT2D eigenvalue weighted by Crippen LogP contribution is -2.60. The van der Waals surface area contributed by atoms with E-state index in [-0.39, 0.29) is 96.8 Å². The third kappa shape index (κ3) is 8.74. The molecule has 1 saturated carbocycles. The van der Waals surface area contributed by atoms with Gasteiger partial charge in [-0.2, -0.15) is 0 Å². The molecule has 0 bridgehead atoms. The lowest BCUT2D eigenvalue weighted by Gasteiger charge is -2.44. The maximum Gasteiger partial charge on any atom is 0.306 e. The lowest BCUT2D eigenvalue weighted by molar-refractivity contribution is -0.317. The van der Waals surface area contributed by atoms with E-state index in [0.717, 1.165) is 50.5 Å². The van der Waals surface area contributed by atoms with E-state index in [1.165, 1.54) is 5.57 Å². The molecular weight excluding hydrogens is 690 g/mol. The Kier molecular flexibility index (Phi) is 14.2. The van der Waals surface area contributed by atoms with Crippen molar-refractivity contribution in [1.82, 2.24) is 4.90 Å². The van der Waals surface area contributed by atoms with Crippen molar-refractivity contribution in [3.05, 3.63) is 23.3 Å². The zero-order valence-electron chi connectivity index (χ0n) is 34.6. The standard InChI is InChI=1S/C43H69NO10/c1-11-27-14-13-15-36(54-38-17-16-35(44(7)8)25(5)50-38)24(4)39(46)34-21-32-30(33(34)22-37(45)52-27)18-23(3)29-19-28(20-31(29)32)53-43-42(48-10)41(49-12-2)40(47-9)26(6)51-43/h18,21,24-33,35-36,38,40-43H,11-17,19-20,22H2,1-10H3/t24-,25?,26?,27+,28-,29?,30-,31-,32-,33+,35?,36+,38?,40?,41?,42?,43?/m1/s1. The fourth-order valence-electron chi connectivity index (χ4n) is 10.9. The molecule has 3 aliphatic carbocycles. The van der Waals surface area contributed by atoms with E-state index in [9.17, 15) is 9.59 Å². The number of carbonyl (C=O) groups is 2. The Morgan fingerprint density at radius 1 is 0.833 bits per heavy atom. The molecule has 0 N–H and O–H groups in total. The Balaban J connectivity index is 1.23. The normalized spacial score (nSPS) is 44.7. The molecule has 11 nitrogen and oxygen atoms in total. The van der Waals surface area contributed by atoms with E-state index < -0.39 is 12.4 Å². The van der Waals surface area contributed by atoms with Crippen LogP contribution in [-0.4, -0.2) is 119 Å². The van der Waals surface area contributed by atoms with Gasteiger partial charge < -0.3 is 42.8 Å². The summed E-state index contributed by atoms with van der Waals surface area (Å²) in [5.41, 5.74) is 2.08.